The molecule has 0 amide bonds. The number of hydrogen-bond acceptors (Lipinski definition) is 13. The Hall–Kier alpha value is -5.47. The van der Waals surface area contributed by atoms with Gasteiger partial charge in [-0.05, 0) is 136 Å². The van der Waals surface area contributed by atoms with Gasteiger partial charge in [0, 0.05) is 18.2 Å². The molecule has 8 atom stereocenters. The van der Waals surface area contributed by atoms with Crippen molar-refractivity contribution in [1.29, 1.82) is 0 Å². The van der Waals surface area contributed by atoms with Crippen LogP contribution in [0.15, 0.2) is 91.0 Å². The number of esters is 3. The van der Waals surface area contributed by atoms with Crippen LogP contribution in [0, 0.1) is 17.8 Å². The molecular weight excluding hydrogens is 1000 g/mol. The predicted molar refractivity (Wildman–Crippen MR) is 316 cm³/mol. The van der Waals surface area contributed by atoms with E-state index >= 15 is 0 Å². The average Bonchev–Trinajstić information content (AvgIpc) is 3.45. The van der Waals surface area contributed by atoms with Crippen molar-refractivity contribution in [2.45, 2.75) is 177 Å². The maximum Gasteiger partial charge on any atom is 0.331 e. The molecule has 0 aliphatic rings. The van der Waals surface area contributed by atoms with Gasteiger partial charge in [-0.25, -0.2) is 14.4 Å². The van der Waals surface area contributed by atoms with Crippen molar-refractivity contribution in [3.63, 3.8) is 0 Å². The zero-order valence-corrected chi connectivity index (χ0v) is 49.7. The lowest BCUT2D eigenvalue weighted by Crippen LogP contribution is -2.33. The van der Waals surface area contributed by atoms with Crippen molar-refractivity contribution in [2.75, 3.05) is 59.5 Å². The molecule has 0 aliphatic heterocycles. The molecule has 0 aliphatic carbocycles. The van der Waals surface area contributed by atoms with Crippen LogP contribution in [-0.4, -0.2) is 108 Å². The van der Waals surface area contributed by atoms with E-state index in [0.29, 0.717) is 37.6 Å². The lowest BCUT2D eigenvalue weighted by atomic mass is 10.0. The summed E-state index contributed by atoms with van der Waals surface area (Å²) in [5, 5.41) is 0. The Bertz CT molecular complexity index is 2150. The summed E-state index contributed by atoms with van der Waals surface area (Å²) in [6.45, 7) is 23.2. The summed E-state index contributed by atoms with van der Waals surface area (Å²) >= 11 is 0. The second kappa shape index (κ2) is 41.5. The van der Waals surface area contributed by atoms with E-state index in [0.717, 1.165) is 66.0 Å². The first kappa shape index (κ1) is 67.8. The molecule has 0 radical (unpaired) electrons. The monoisotopic (exact) mass is 1100 g/mol. The summed E-state index contributed by atoms with van der Waals surface area (Å²) in [4.78, 5) is 38.2. The molecule has 3 rings (SSSR count). The molecule has 13 heteroatoms. The number of hydrogen-bond donors (Lipinski definition) is 0. The van der Waals surface area contributed by atoms with Crippen LogP contribution < -0.4 is 14.2 Å². The van der Waals surface area contributed by atoms with Gasteiger partial charge in [0.15, 0.2) is 0 Å². The maximum atomic E-state index is 12.8. The van der Waals surface area contributed by atoms with Crippen molar-refractivity contribution in [1.82, 2.24) is 0 Å². The van der Waals surface area contributed by atoms with Gasteiger partial charge in [0.25, 0.3) is 0 Å². The molecule has 79 heavy (non-hydrogen) atoms. The summed E-state index contributed by atoms with van der Waals surface area (Å²) in [5.74, 6) is 2.55. The van der Waals surface area contributed by atoms with E-state index in [2.05, 4.69) is 41.5 Å². The predicted octanol–water partition coefficient (Wildman–Crippen LogP) is 14.5. The van der Waals surface area contributed by atoms with Crippen molar-refractivity contribution < 1.29 is 61.8 Å². The minimum absolute atomic E-state index is 0.0707. The van der Waals surface area contributed by atoms with Gasteiger partial charge in [0.1, 0.15) is 41.7 Å². The Kier molecular flexibility index (Phi) is 35.6. The van der Waals surface area contributed by atoms with E-state index in [4.69, 9.17) is 47.4 Å². The summed E-state index contributed by atoms with van der Waals surface area (Å²) in [6.07, 6.45) is 20.6. The highest BCUT2D eigenvalue weighted by molar-refractivity contribution is 5.88. The summed E-state index contributed by atoms with van der Waals surface area (Å²) in [6, 6.07) is 22.9. The Morgan fingerprint density at radius 1 is 0.380 bits per heavy atom. The third-order valence-electron chi connectivity index (χ3n) is 13.4. The fourth-order valence-corrected chi connectivity index (χ4v) is 8.17. The minimum Gasteiger partial charge on any atom is -0.493 e. The van der Waals surface area contributed by atoms with E-state index in [1.807, 2.05) is 79.7 Å². The third kappa shape index (κ3) is 31.8. The number of carbonyl (C=O) groups excluding carboxylic acids is 3. The molecule has 0 saturated heterocycles. The summed E-state index contributed by atoms with van der Waals surface area (Å²) < 4.78 is 59.0. The quantitative estimate of drug-likeness (QED) is 0.0301. The zero-order chi connectivity index (χ0) is 57.5. The zero-order valence-electron chi connectivity index (χ0n) is 49.7. The van der Waals surface area contributed by atoms with Gasteiger partial charge in [-0.1, -0.05) is 136 Å². The van der Waals surface area contributed by atoms with Gasteiger partial charge < -0.3 is 47.4 Å². The third-order valence-corrected chi connectivity index (χ3v) is 13.4. The highest BCUT2D eigenvalue weighted by Crippen LogP contribution is 2.21. The van der Waals surface area contributed by atoms with Crippen molar-refractivity contribution in [3.05, 3.63) is 108 Å². The molecule has 0 N–H and O–H groups in total. The number of carbonyl (C=O) groups is 3. The molecule has 3 aromatic rings. The van der Waals surface area contributed by atoms with Crippen LogP contribution >= 0.6 is 0 Å². The Balaban J connectivity index is 1.48. The molecule has 8 unspecified atom stereocenters. The number of ether oxygens (including phenoxy) is 10. The van der Waals surface area contributed by atoms with E-state index in [-0.39, 0.29) is 45.7 Å². The first-order valence-electron chi connectivity index (χ1n) is 29.5. The van der Waals surface area contributed by atoms with E-state index < -0.39 is 42.3 Å². The van der Waals surface area contributed by atoms with Gasteiger partial charge >= 0.3 is 17.9 Å². The normalized spacial score (nSPS) is 14.8. The second-order valence-corrected chi connectivity index (χ2v) is 20.8. The largest absolute Gasteiger partial charge is 0.493 e. The van der Waals surface area contributed by atoms with Crippen LogP contribution in [0.25, 0.3) is 18.2 Å². The van der Waals surface area contributed by atoms with Crippen molar-refractivity contribution >= 4 is 36.1 Å². The lowest BCUT2D eigenvalue weighted by Gasteiger charge is -2.23. The van der Waals surface area contributed by atoms with E-state index in [1.54, 1.807) is 39.0 Å². The molecule has 440 valence electrons. The minimum atomic E-state index is -0.590. The topological polar surface area (TPSA) is 144 Å². The van der Waals surface area contributed by atoms with E-state index in [1.165, 1.54) is 63.2 Å². The van der Waals surface area contributed by atoms with Crippen LogP contribution in [0.5, 0.6) is 17.2 Å². The lowest BCUT2D eigenvalue weighted by molar-refractivity contribution is -0.153. The van der Waals surface area contributed by atoms with Crippen LogP contribution in [0.3, 0.4) is 0 Å². The molecule has 0 bridgehead atoms. The summed E-state index contributed by atoms with van der Waals surface area (Å²) in [5.41, 5.74) is 2.55. The van der Waals surface area contributed by atoms with Crippen LogP contribution in [0.4, 0.5) is 0 Å². The fraction of sp³-hybridized carbons (Fsp3) is 0.591. The maximum absolute atomic E-state index is 12.8. The highest BCUT2D eigenvalue weighted by atomic mass is 16.6. The number of rotatable bonds is 44. The Labute approximate surface area is 475 Å². The van der Waals surface area contributed by atoms with Gasteiger partial charge in [0.2, 0.25) is 0 Å². The van der Waals surface area contributed by atoms with Crippen molar-refractivity contribution in [2.24, 2.45) is 17.8 Å². The van der Waals surface area contributed by atoms with Crippen molar-refractivity contribution in [3.8, 4) is 17.2 Å². The smallest absolute Gasteiger partial charge is 0.331 e. The van der Waals surface area contributed by atoms with Crippen LogP contribution in [0.1, 0.15) is 163 Å². The van der Waals surface area contributed by atoms with Gasteiger partial charge in [-0.15, -0.1) is 0 Å². The first-order chi connectivity index (χ1) is 38.2. The number of benzene rings is 3. The summed E-state index contributed by atoms with van der Waals surface area (Å²) in [7, 11) is 0. The van der Waals surface area contributed by atoms with Gasteiger partial charge in [-0.3, -0.25) is 0 Å². The van der Waals surface area contributed by atoms with Crippen LogP contribution in [-0.2, 0) is 47.5 Å². The molecule has 3 aromatic carbocycles. The standard InChI is InChI=1S/C66H98O13/c1-11-17-20-54(14-4)45-74-60-32-23-57(24-33-60)29-38-64(67)77-51(8)42-70-41-50(7)72-49-63(73-44-53(10)79-66(69)40-31-59-27-36-62(37-28-59)76-47-56(16-6)22-19-13-3)48-71-43-52(9)78-65(68)39-30-58-25-34-61(35-26-58)75-46-55(15-5)21-18-12-2/h23-40,50-56,63H,11-22,41-49H2,1-10H3. The Morgan fingerprint density at radius 2 is 0.696 bits per heavy atom. The van der Waals surface area contributed by atoms with Crippen LogP contribution in [0.2, 0.25) is 0 Å². The second-order valence-electron chi connectivity index (χ2n) is 20.8. The molecule has 0 saturated carbocycles. The molecule has 0 fully saturated rings. The molecule has 0 spiro atoms. The van der Waals surface area contributed by atoms with E-state index in [9.17, 15) is 14.4 Å². The van der Waals surface area contributed by atoms with Gasteiger partial charge in [0.05, 0.1) is 65.6 Å². The molecule has 0 heterocycles. The fourth-order valence-electron chi connectivity index (χ4n) is 8.17. The molecule has 13 nitrogen and oxygen atoms in total. The molecule has 0 aromatic heterocycles. The highest BCUT2D eigenvalue weighted by Gasteiger charge is 2.19. The van der Waals surface area contributed by atoms with Gasteiger partial charge in [-0.2, -0.15) is 0 Å². The first-order valence-corrected chi connectivity index (χ1v) is 29.5. The SMILES string of the molecule is CCCCC(CC)COc1ccc(C=CC(=O)OC(C)COCC(C)OCC(COCC(C)OC(=O)C=Cc2ccc(OCC(CC)CCCC)cc2)OCC(C)OC(=O)C=Cc2ccc(OCC(CC)CCCC)cc2)cc1. The average molecular weight is 1100 g/mol. The molecular formula is C66H98O13. The Morgan fingerprint density at radius 3 is 1.03 bits per heavy atom. The number of unbranched alkanes of at least 4 members (excludes halogenated alkanes) is 3.